The van der Waals surface area contributed by atoms with Crippen LogP contribution in [-0.2, 0) is 6.42 Å². The zero-order valence-corrected chi connectivity index (χ0v) is 24.5. The fourth-order valence-corrected chi connectivity index (χ4v) is 7.28. The Morgan fingerprint density at radius 2 is 1.14 bits per heavy atom. The smallest absolute Gasteiger partial charge is 0.135 e. The molecule has 0 saturated heterocycles. The summed E-state index contributed by atoms with van der Waals surface area (Å²) in [4.78, 5) is 0. The van der Waals surface area contributed by atoms with Crippen molar-refractivity contribution < 1.29 is 4.42 Å². The van der Waals surface area contributed by atoms with Crippen molar-refractivity contribution in [2.75, 3.05) is 0 Å². The maximum Gasteiger partial charge on any atom is 0.135 e. The minimum Gasteiger partial charge on any atom is -0.456 e. The van der Waals surface area contributed by atoms with Crippen LogP contribution in [0.3, 0.4) is 0 Å². The van der Waals surface area contributed by atoms with Crippen molar-refractivity contribution in [2.24, 2.45) is 5.92 Å². The van der Waals surface area contributed by atoms with Crippen molar-refractivity contribution in [1.29, 1.82) is 0 Å². The van der Waals surface area contributed by atoms with E-state index in [9.17, 15) is 0 Å². The molecule has 208 valence electrons. The van der Waals surface area contributed by atoms with Crippen LogP contribution in [0.2, 0.25) is 0 Å². The summed E-state index contributed by atoms with van der Waals surface area (Å²) >= 11 is 0. The summed E-state index contributed by atoms with van der Waals surface area (Å²) in [5, 5.41) is 7.46. The Labute approximate surface area is 256 Å². The summed E-state index contributed by atoms with van der Waals surface area (Å²) in [7, 11) is 0. The van der Waals surface area contributed by atoms with Crippen LogP contribution in [0.4, 0.5) is 0 Å². The molecule has 0 amide bonds. The summed E-state index contributed by atoms with van der Waals surface area (Å²) in [6.45, 7) is 2.32. The molecule has 1 unspecified atom stereocenters. The van der Waals surface area contributed by atoms with E-state index in [0.29, 0.717) is 5.92 Å². The summed E-state index contributed by atoms with van der Waals surface area (Å²) in [5.74, 6) is 0.479. The molecule has 9 rings (SSSR count). The maximum absolute atomic E-state index is 6.18. The van der Waals surface area contributed by atoms with Crippen molar-refractivity contribution in [3.63, 3.8) is 0 Å². The molecule has 1 heteroatoms. The number of allylic oxidation sites excluding steroid dienone is 1. The second kappa shape index (κ2) is 9.82. The predicted octanol–water partition coefficient (Wildman–Crippen LogP) is 12.1. The average Bonchev–Trinajstić information content (AvgIpc) is 3.45. The van der Waals surface area contributed by atoms with Crippen LogP contribution in [0.15, 0.2) is 144 Å². The van der Waals surface area contributed by atoms with E-state index in [1.807, 2.05) is 6.07 Å². The van der Waals surface area contributed by atoms with Crippen LogP contribution in [-0.4, -0.2) is 0 Å². The monoisotopic (exact) mass is 562 g/mol. The van der Waals surface area contributed by atoms with Gasteiger partial charge in [-0.3, -0.25) is 0 Å². The highest BCUT2D eigenvalue weighted by Crippen LogP contribution is 2.46. The molecule has 0 bridgehead atoms. The van der Waals surface area contributed by atoms with E-state index in [1.54, 1.807) is 0 Å². The molecule has 7 aromatic carbocycles. The SMILES string of the molecule is CC1C=Cc2c(c(-c3ccc(-c4ccc5ccccc5c4)cc3)c3ccccc3c2-c2ccc3oc4ccccc4c3c2)C1. The van der Waals surface area contributed by atoms with Crippen molar-refractivity contribution in [3.05, 3.63) is 151 Å². The minimum atomic E-state index is 0.479. The molecule has 0 spiro atoms. The molecule has 0 aliphatic heterocycles. The van der Waals surface area contributed by atoms with Gasteiger partial charge < -0.3 is 4.42 Å². The Balaban J connectivity index is 1.25. The van der Waals surface area contributed by atoms with Crippen molar-refractivity contribution >= 4 is 49.6 Å². The van der Waals surface area contributed by atoms with Crippen LogP contribution in [0.5, 0.6) is 0 Å². The van der Waals surface area contributed by atoms with Gasteiger partial charge in [-0.15, -0.1) is 0 Å². The first-order valence-electron chi connectivity index (χ1n) is 15.5. The third-order valence-corrected chi connectivity index (χ3v) is 9.40. The topological polar surface area (TPSA) is 13.1 Å². The van der Waals surface area contributed by atoms with Crippen LogP contribution in [0.1, 0.15) is 18.1 Å². The number of para-hydroxylation sites is 1. The summed E-state index contributed by atoms with van der Waals surface area (Å²) in [5.41, 5.74) is 12.3. The van der Waals surface area contributed by atoms with Crippen LogP contribution in [0, 0.1) is 5.92 Å². The number of benzene rings is 7. The first-order chi connectivity index (χ1) is 21.7. The average molecular weight is 563 g/mol. The molecule has 8 aromatic rings. The van der Waals surface area contributed by atoms with Crippen molar-refractivity contribution in [3.8, 4) is 33.4 Å². The van der Waals surface area contributed by atoms with Gasteiger partial charge >= 0.3 is 0 Å². The Kier molecular flexibility index (Phi) is 5.61. The van der Waals surface area contributed by atoms with Gasteiger partial charge in [0.05, 0.1) is 0 Å². The molecule has 1 aliphatic rings. The fraction of sp³-hybridized carbons (Fsp3) is 0.0698. The molecule has 0 N–H and O–H groups in total. The highest BCUT2D eigenvalue weighted by molar-refractivity contribution is 6.12. The van der Waals surface area contributed by atoms with E-state index in [0.717, 1.165) is 28.4 Å². The third kappa shape index (κ3) is 3.93. The molecular weight excluding hydrogens is 532 g/mol. The van der Waals surface area contributed by atoms with Crippen LogP contribution >= 0.6 is 0 Å². The largest absolute Gasteiger partial charge is 0.456 e. The van der Waals surface area contributed by atoms with E-state index in [1.165, 1.54) is 66.1 Å². The van der Waals surface area contributed by atoms with Crippen LogP contribution in [0.25, 0.3) is 82.9 Å². The normalized spacial score (nSPS) is 14.5. The molecule has 0 radical (unpaired) electrons. The number of rotatable bonds is 3. The van der Waals surface area contributed by atoms with E-state index in [-0.39, 0.29) is 0 Å². The van der Waals surface area contributed by atoms with Gasteiger partial charge in [-0.1, -0.05) is 128 Å². The van der Waals surface area contributed by atoms with Gasteiger partial charge in [0.1, 0.15) is 11.2 Å². The standard InChI is InChI=1S/C43H30O/c1-27-14-22-37-39(24-27)42(30-18-15-29(16-19-30)32-20-17-28-8-2-3-9-31(28)25-32)35-11-4-5-12-36(35)43(37)33-21-23-41-38(26-33)34-10-6-7-13-40(34)44-41/h2-23,25-27H,24H2,1H3. The zero-order chi connectivity index (χ0) is 29.2. The van der Waals surface area contributed by atoms with Crippen molar-refractivity contribution in [2.45, 2.75) is 13.3 Å². The van der Waals surface area contributed by atoms with Gasteiger partial charge in [-0.25, -0.2) is 0 Å². The second-order valence-corrected chi connectivity index (χ2v) is 12.2. The fourth-order valence-electron chi connectivity index (χ4n) is 7.28. The second-order valence-electron chi connectivity index (χ2n) is 12.2. The molecule has 1 aromatic heterocycles. The van der Waals surface area contributed by atoms with E-state index in [2.05, 4.69) is 146 Å². The highest BCUT2D eigenvalue weighted by atomic mass is 16.3. The Hall–Kier alpha value is -5.40. The lowest BCUT2D eigenvalue weighted by Gasteiger charge is -2.26. The Morgan fingerprint density at radius 1 is 0.500 bits per heavy atom. The lowest BCUT2D eigenvalue weighted by molar-refractivity contribution is 0.669. The molecule has 1 aliphatic carbocycles. The molecule has 0 saturated carbocycles. The van der Waals surface area contributed by atoms with Gasteiger partial charge in [0.15, 0.2) is 0 Å². The quantitative estimate of drug-likeness (QED) is 0.209. The number of hydrogen-bond donors (Lipinski definition) is 0. The van der Waals surface area contributed by atoms with E-state index >= 15 is 0 Å². The first kappa shape index (κ1) is 25.1. The van der Waals surface area contributed by atoms with Crippen molar-refractivity contribution in [1.82, 2.24) is 0 Å². The lowest BCUT2D eigenvalue weighted by atomic mass is 9.78. The van der Waals surface area contributed by atoms with Gasteiger partial charge in [0.25, 0.3) is 0 Å². The number of furan rings is 1. The van der Waals surface area contributed by atoms with E-state index < -0.39 is 0 Å². The third-order valence-electron chi connectivity index (χ3n) is 9.40. The number of fused-ring (bicyclic) bond motifs is 6. The zero-order valence-electron chi connectivity index (χ0n) is 24.5. The van der Waals surface area contributed by atoms with Gasteiger partial charge in [0, 0.05) is 10.8 Å². The molecule has 0 fully saturated rings. The highest BCUT2D eigenvalue weighted by Gasteiger charge is 2.24. The molecule has 44 heavy (non-hydrogen) atoms. The maximum atomic E-state index is 6.18. The Bertz CT molecular complexity index is 2420. The van der Waals surface area contributed by atoms with E-state index in [4.69, 9.17) is 4.42 Å². The minimum absolute atomic E-state index is 0.479. The predicted molar refractivity (Wildman–Crippen MR) is 187 cm³/mol. The Morgan fingerprint density at radius 3 is 1.98 bits per heavy atom. The molecule has 1 nitrogen and oxygen atoms in total. The summed E-state index contributed by atoms with van der Waals surface area (Å²) < 4.78 is 6.18. The first-order valence-corrected chi connectivity index (χ1v) is 15.5. The van der Waals surface area contributed by atoms with Gasteiger partial charge in [-0.2, -0.15) is 0 Å². The molecule has 1 heterocycles. The molecule has 1 atom stereocenters. The lowest BCUT2D eigenvalue weighted by Crippen LogP contribution is -2.08. The molecular formula is C43H30O. The van der Waals surface area contributed by atoms with Gasteiger partial charge in [-0.05, 0) is 103 Å². The van der Waals surface area contributed by atoms with Gasteiger partial charge in [0.2, 0.25) is 0 Å². The van der Waals surface area contributed by atoms with Crippen LogP contribution < -0.4 is 0 Å². The summed E-state index contributed by atoms with van der Waals surface area (Å²) in [6, 6.07) is 48.5. The summed E-state index contributed by atoms with van der Waals surface area (Å²) in [6.07, 6.45) is 5.76. The number of hydrogen-bond acceptors (Lipinski definition) is 1.